The maximum atomic E-state index is 13.2. The number of nitrogens with zero attached hydrogens (tertiary/aromatic N) is 2. The number of nitrogens with one attached hydrogen (secondary N) is 2. The summed E-state index contributed by atoms with van der Waals surface area (Å²) in [6.45, 7) is 0. The number of hydrazine groups is 1. The fourth-order valence-corrected chi connectivity index (χ4v) is 4.36. The third-order valence-electron chi connectivity index (χ3n) is 4.05. The van der Waals surface area contributed by atoms with Crippen LogP contribution in [-0.4, -0.2) is 26.6 Å². The van der Waals surface area contributed by atoms with Crippen molar-refractivity contribution in [3.63, 3.8) is 0 Å². The number of hydrogen-bond acceptors (Lipinski definition) is 5. The Balaban J connectivity index is 1.90. The van der Waals surface area contributed by atoms with Gasteiger partial charge in [-0.3, -0.25) is 29.8 Å². The normalized spacial score (nSPS) is 16.9. The summed E-state index contributed by atoms with van der Waals surface area (Å²) in [5.41, 5.74) is 5.63. The highest BCUT2D eigenvalue weighted by Gasteiger charge is 2.30. The van der Waals surface area contributed by atoms with E-state index >= 15 is 0 Å². The molecule has 0 saturated carbocycles. The van der Waals surface area contributed by atoms with Crippen LogP contribution >= 0.6 is 34.4 Å². The van der Waals surface area contributed by atoms with Crippen molar-refractivity contribution >= 4 is 57.1 Å². The zero-order valence-corrected chi connectivity index (χ0v) is 16.8. The van der Waals surface area contributed by atoms with E-state index in [1.54, 1.807) is 24.3 Å². The number of halogens is 1. The van der Waals surface area contributed by atoms with Gasteiger partial charge in [-0.05, 0) is 52.9 Å². The summed E-state index contributed by atoms with van der Waals surface area (Å²) in [6, 6.07) is 14.6. The third kappa shape index (κ3) is 3.56. The van der Waals surface area contributed by atoms with Gasteiger partial charge in [-0.25, -0.2) is 4.98 Å². The molecule has 1 aromatic heterocycles. The number of aromatic nitrogens is 2. The number of carbonyl (C=O) groups is 2. The molecule has 1 atom stereocenters. The molecular formula is C18H13IN4O3S. The average molecular weight is 492 g/mol. The van der Waals surface area contributed by atoms with Gasteiger partial charge in [0.15, 0.2) is 5.16 Å². The van der Waals surface area contributed by atoms with Gasteiger partial charge in [-0.15, -0.1) is 0 Å². The molecule has 1 aliphatic heterocycles. The van der Waals surface area contributed by atoms with Crippen molar-refractivity contribution in [2.75, 3.05) is 0 Å². The molecule has 7 nitrogen and oxygen atoms in total. The molecule has 0 radical (unpaired) electrons. The van der Waals surface area contributed by atoms with Crippen LogP contribution in [0.5, 0.6) is 0 Å². The van der Waals surface area contributed by atoms with E-state index in [2.05, 4.69) is 38.4 Å². The van der Waals surface area contributed by atoms with Gasteiger partial charge < -0.3 is 0 Å². The lowest BCUT2D eigenvalue weighted by Gasteiger charge is -2.22. The summed E-state index contributed by atoms with van der Waals surface area (Å²) in [4.78, 5) is 41.6. The van der Waals surface area contributed by atoms with Crippen molar-refractivity contribution < 1.29 is 9.59 Å². The number of fused-ring (bicyclic) bond motifs is 1. The summed E-state index contributed by atoms with van der Waals surface area (Å²) in [6.07, 6.45) is 0.0197. The minimum absolute atomic E-state index is 0.0197. The summed E-state index contributed by atoms with van der Waals surface area (Å²) >= 11 is 3.26. The van der Waals surface area contributed by atoms with Gasteiger partial charge in [-0.2, -0.15) is 0 Å². The first-order valence-electron chi connectivity index (χ1n) is 8.06. The van der Waals surface area contributed by atoms with Gasteiger partial charge in [0.05, 0.1) is 16.6 Å². The molecular weight excluding hydrogens is 479 g/mol. The molecule has 2 aromatic carbocycles. The predicted molar refractivity (Wildman–Crippen MR) is 111 cm³/mol. The number of para-hydroxylation sites is 1. The lowest BCUT2D eigenvalue weighted by Crippen LogP contribution is -2.52. The molecule has 0 spiro atoms. The van der Waals surface area contributed by atoms with Crippen LogP contribution in [0.15, 0.2) is 58.5 Å². The van der Waals surface area contributed by atoms with E-state index in [9.17, 15) is 14.4 Å². The van der Waals surface area contributed by atoms with Crippen LogP contribution in [0, 0.1) is 3.57 Å². The fraction of sp³-hybridized carbons (Fsp3) is 0.111. The lowest BCUT2D eigenvalue weighted by molar-refractivity contribution is -0.133. The maximum absolute atomic E-state index is 13.2. The number of thioether (sulfide) groups is 1. The van der Waals surface area contributed by atoms with Gasteiger partial charge in [-0.1, -0.05) is 30.0 Å². The smallest absolute Gasteiger partial charge is 0.266 e. The molecule has 0 bridgehead atoms. The summed E-state index contributed by atoms with van der Waals surface area (Å²) in [7, 11) is 0. The Hall–Kier alpha value is -2.40. The van der Waals surface area contributed by atoms with E-state index in [4.69, 9.17) is 0 Å². The first kappa shape index (κ1) is 18.0. The molecule has 9 heteroatoms. The highest BCUT2D eigenvalue weighted by molar-refractivity contribution is 14.1. The fourth-order valence-electron chi connectivity index (χ4n) is 2.77. The minimum Gasteiger partial charge on any atom is -0.273 e. The van der Waals surface area contributed by atoms with Crippen LogP contribution in [0.3, 0.4) is 0 Å². The molecule has 2 heterocycles. The average Bonchev–Trinajstić information content (AvgIpc) is 2.66. The Labute approximate surface area is 171 Å². The van der Waals surface area contributed by atoms with Crippen LogP contribution in [-0.2, 0) is 9.59 Å². The van der Waals surface area contributed by atoms with Crippen molar-refractivity contribution in [2.45, 2.75) is 16.8 Å². The number of rotatable bonds is 3. The SMILES string of the molecule is O=C1CC(Sc2nc3ccc(I)cc3c(=O)n2-c2ccccc2)C(=O)NN1. The topological polar surface area (TPSA) is 93.1 Å². The number of carbonyl (C=O) groups excluding carboxylic acids is 2. The van der Waals surface area contributed by atoms with Gasteiger partial charge in [0, 0.05) is 9.99 Å². The Morgan fingerprint density at radius 3 is 2.63 bits per heavy atom. The van der Waals surface area contributed by atoms with Gasteiger partial charge >= 0.3 is 0 Å². The molecule has 1 fully saturated rings. The zero-order valence-electron chi connectivity index (χ0n) is 13.8. The highest BCUT2D eigenvalue weighted by atomic mass is 127. The Kier molecular flexibility index (Phi) is 4.87. The number of benzene rings is 2. The van der Waals surface area contributed by atoms with Gasteiger partial charge in [0.25, 0.3) is 11.5 Å². The second-order valence-electron chi connectivity index (χ2n) is 5.88. The Morgan fingerprint density at radius 1 is 1.07 bits per heavy atom. The molecule has 2 amide bonds. The molecule has 1 saturated heterocycles. The number of hydrogen-bond donors (Lipinski definition) is 2. The van der Waals surface area contributed by atoms with E-state index in [0.29, 0.717) is 21.7 Å². The standard InChI is InChI=1S/C18H13IN4O3S/c19-10-6-7-13-12(8-10)17(26)23(11-4-2-1-3-5-11)18(20-13)27-14-9-15(24)21-22-16(14)25/h1-8,14H,9H2,(H,21,24)(H,22,25). The molecule has 0 aliphatic carbocycles. The second-order valence-corrected chi connectivity index (χ2v) is 8.30. The largest absolute Gasteiger partial charge is 0.273 e. The maximum Gasteiger partial charge on any atom is 0.266 e. The van der Waals surface area contributed by atoms with Crippen molar-refractivity contribution in [3.8, 4) is 5.69 Å². The van der Waals surface area contributed by atoms with Crippen LogP contribution in [0.4, 0.5) is 0 Å². The monoisotopic (exact) mass is 492 g/mol. The quantitative estimate of drug-likeness (QED) is 0.431. The van der Waals surface area contributed by atoms with E-state index in [-0.39, 0.29) is 23.8 Å². The summed E-state index contributed by atoms with van der Waals surface area (Å²) < 4.78 is 2.42. The predicted octanol–water partition coefficient (Wildman–Crippen LogP) is 2.00. The molecule has 4 rings (SSSR count). The summed E-state index contributed by atoms with van der Waals surface area (Å²) in [5, 5.41) is 0.206. The third-order valence-corrected chi connectivity index (χ3v) is 5.87. The van der Waals surface area contributed by atoms with Crippen LogP contribution in [0.2, 0.25) is 0 Å². The minimum atomic E-state index is -0.665. The lowest BCUT2D eigenvalue weighted by atomic mass is 10.2. The van der Waals surface area contributed by atoms with Gasteiger partial charge in [0.2, 0.25) is 5.91 Å². The summed E-state index contributed by atoms with van der Waals surface area (Å²) in [5.74, 6) is -0.604. The van der Waals surface area contributed by atoms with E-state index in [0.717, 1.165) is 15.3 Å². The Morgan fingerprint density at radius 2 is 1.85 bits per heavy atom. The van der Waals surface area contributed by atoms with E-state index in [1.165, 1.54) is 4.57 Å². The highest BCUT2D eigenvalue weighted by Crippen LogP contribution is 2.28. The van der Waals surface area contributed by atoms with Crippen LogP contribution in [0.25, 0.3) is 16.6 Å². The first-order chi connectivity index (χ1) is 13.0. The first-order valence-corrected chi connectivity index (χ1v) is 10.0. The van der Waals surface area contributed by atoms with E-state index in [1.807, 2.05) is 24.3 Å². The van der Waals surface area contributed by atoms with E-state index < -0.39 is 5.25 Å². The van der Waals surface area contributed by atoms with Crippen molar-refractivity contribution in [2.24, 2.45) is 0 Å². The Bertz CT molecular complexity index is 1120. The van der Waals surface area contributed by atoms with Crippen molar-refractivity contribution in [1.82, 2.24) is 20.4 Å². The second kappa shape index (κ2) is 7.31. The molecule has 3 aromatic rings. The van der Waals surface area contributed by atoms with Crippen LogP contribution in [0.1, 0.15) is 6.42 Å². The van der Waals surface area contributed by atoms with Crippen molar-refractivity contribution in [1.29, 1.82) is 0 Å². The molecule has 2 N–H and O–H groups in total. The number of amides is 2. The van der Waals surface area contributed by atoms with Gasteiger partial charge in [0.1, 0.15) is 5.25 Å². The molecule has 1 aliphatic rings. The molecule has 1 unspecified atom stereocenters. The van der Waals surface area contributed by atoms with Crippen LogP contribution < -0.4 is 16.4 Å². The molecule has 136 valence electrons. The molecule has 27 heavy (non-hydrogen) atoms. The van der Waals surface area contributed by atoms with Crippen molar-refractivity contribution in [3.05, 3.63) is 62.5 Å². The zero-order chi connectivity index (χ0) is 19.0.